The van der Waals surface area contributed by atoms with Crippen LogP contribution in [0.15, 0.2) is 29.2 Å². The fourth-order valence-corrected chi connectivity index (χ4v) is 4.13. The Kier molecular flexibility index (Phi) is 6.23. The van der Waals surface area contributed by atoms with Gasteiger partial charge in [0.15, 0.2) is 0 Å². The van der Waals surface area contributed by atoms with Crippen LogP contribution < -0.4 is 0 Å². The van der Waals surface area contributed by atoms with Crippen molar-refractivity contribution in [3.63, 3.8) is 0 Å². The minimum Gasteiger partial charge on any atom is -0.207 e. The van der Waals surface area contributed by atoms with Crippen molar-refractivity contribution in [3.05, 3.63) is 30.1 Å². The molecule has 0 aliphatic heterocycles. The second-order valence-corrected chi connectivity index (χ2v) is 6.50. The highest BCUT2D eigenvalue weighted by Gasteiger charge is 2.29. The zero-order valence-electron chi connectivity index (χ0n) is 11.1. The van der Waals surface area contributed by atoms with Crippen LogP contribution in [-0.2, 0) is 10.0 Å². The van der Waals surface area contributed by atoms with Crippen molar-refractivity contribution in [1.82, 2.24) is 4.31 Å². The number of hydrogen-bond donors (Lipinski definition) is 0. The average Bonchev–Trinajstić information content (AvgIpc) is 2.39. The first-order valence-electron chi connectivity index (χ1n) is 6.30. The summed E-state index contributed by atoms with van der Waals surface area (Å²) in [5, 5.41) is 0. The fraction of sp³-hybridized carbons (Fsp3) is 0.538. The molecule has 0 aliphatic carbocycles. The molecule has 0 atom stereocenters. The number of alkyl halides is 1. The van der Waals surface area contributed by atoms with Crippen LogP contribution in [0.5, 0.6) is 0 Å². The van der Waals surface area contributed by atoms with E-state index in [1.165, 1.54) is 22.5 Å². The van der Waals surface area contributed by atoms with Crippen LogP contribution in [0.25, 0.3) is 0 Å². The van der Waals surface area contributed by atoms with E-state index in [0.29, 0.717) is 12.8 Å². The molecule has 0 spiro atoms. The first kappa shape index (κ1) is 16.4. The Balaban J connectivity index is 3.19. The summed E-state index contributed by atoms with van der Waals surface area (Å²) in [7, 11) is -3.70. The normalized spacial score (nSPS) is 12.3. The van der Waals surface area contributed by atoms with Gasteiger partial charge in [-0.3, -0.25) is 0 Å². The number of sulfonamides is 1. The molecule has 1 rings (SSSR count). The number of benzene rings is 1. The van der Waals surface area contributed by atoms with Crippen LogP contribution in [0.2, 0.25) is 0 Å². The van der Waals surface area contributed by atoms with Gasteiger partial charge in [-0.15, -0.1) is 11.6 Å². The first-order valence-corrected chi connectivity index (χ1v) is 8.28. The Morgan fingerprint density at radius 2 is 1.95 bits per heavy atom. The maximum Gasteiger partial charge on any atom is 0.243 e. The van der Waals surface area contributed by atoms with Gasteiger partial charge in [0, 0.05) is 18.5 Å². The maximum atomic E-state index is 13.2. The molecule has 0 unspecified atom stereocenters. The largest absolute Gasteiger partial charge is 0.243 e. The van der Waals surface area contributed by atoms with E-state index in [2.05, 4.69) is 0 Å². The zero-order chi connectivity index (χ0) is 14.5. The summed E-state index contributed by atoms with van der Waals surface area (Å²) in [6.07, 6.45) is 1.39. The maximum absolute atomic E-state index is 13.2. The smallest absolute Gasteiger partial charge is 0.207 e. The molecule has 0 fully saturated rings. The van der Waals surface area contributed by atoms with Crippen molar-refractivity contribution in [3.8, 4) is 0 Å². The van der Waals surface area contributed by atoms with Gasteiger partial charge in [-0.1, -0.05) is 19.9 Å². The second kappa shape index (κ2) is 7.22. The number of hydrogen-bond acceptors (Lipinski definition) is 2. The summed E-state index contributed by atoms with van der Waals surface area (Å²) in [4.78, 5) is -0.0236. The third kappa shape index (κ3) is 3.91. The Hall–Kier alpha value is -0.650. The van der Waals surface area contributed by atoms with E-state index in [1.807, 2.05) is 13.8 Å². The molecule has 0 heterocycles. The summed E-state index contributed by atoms with van der Waals surface area (Å²) in [6.45, 7) is 4.08. The van der Waals surface area contributed by atoms with Crippen LogP contribution >= 0.6 is 11.6 Å². The van der Waals surface area contributed by atoms with Crippen LogP contribution in [0.4, 0.5) is 4.39 Å². The molecule has 0 aromatic heterocycles. The molecule has 6 heteroatoms. The highest BCUT2D eigenvalue weighted by atomic mass is 35.5. The third-order valence-corrected chi connectivity index (χ3v) is 5.17. The number of halogens is 2. The van der Waals surface area contributed by atoms with Crippen LogP contribution in [-0.4, -0.2) is 31.2 Å². The lowest BCUT2D eigenvalue weighted by Gasteiger charge is -2.29. The Labute approximate surface area is 119 Å². The highest BCUT2D eigenvalue weighted by molar-refractivity contribution is 7.89. The van der Waals surface area contributed by atoms with Crippen LogP contribution in [0.3, 0.4) is 0 Å². The summed E-state index contributed by atoms with van der Waals surface area (Å²) < 4.78 is 39.6. The van der Waals surface area contributed by atoms with E-state index in [9.17, 15) is 12.8 Å². The number of nitrogens with zero attached hydrogens (tertiary/aromatic N) is 1. The molecular weight excluding hydrogens is 289 g/mol. The van der Waals surface area contributed by atoms with Gasteiger partial charge in [-0.2, -0.15) is 4.31 Å². The molecule has 1 aromatic carbocycles. The second-order valence-electron chi connectivity index (χ2n) is 4.23. The SMILES string of the molecule is CCC(CC)N(CCCl)S(=O)(=O)c1cccc(F)c1. The monoisotopic (exact) mass is 307 g/mol. The van der Waals surface area contributed by atoms with Crippen molar-refractivity contribution < 1.29 is 12.8 Å². The van der Waals surface area contributed by atoms with E-state index in [-0.39, 0.29) is 23.4 Å². The minimum absolute atomic E-state index is 0.0236. The van der Waals surface area contributed by atoms with E-state index < -0.39 is 15.8 Å². The van der Waals surface area contributed by atoms with Crippen molar-refractivity contribution >= 4 is 21.6 Å². The molecule has 1 aromatic rings. The molecule has 0 aliphatic rings. The predicted octanol–water partition coefficient (Wildman–Crippen LogP) is 3.24. The lowest BCUT2D eigenvalue weighted by molar-refractivity contribution is 0.316. The van der Waals surface area contributed by atoms with E-state index in [0.717, 1.165) is 6.07 Å². The molecule has 0 saturated carbocycles. The third-order valence-electron chi connectivity index (χ3n) is 3.06. The van der Waals surface area contributed by atoms with Gasteiger partial charge >= 0.3 is 0 Å². The van der Waals surface area contributed by atoms with Gasteiger partial charge in [0.05, 0.1) is 4.90 Å². The summed E-state index contributed by atoms with van der Waals surface area (Å²) in [5.41, 5.74) is 0. The quantitative estimate of drug-likeness (QED) is 0.725. The van der Waals surface area contributed by atoms with Gasteiger partial charge in [0.2, 0.25) is 10.0 Å². The molecule has 0 bridgehead atoms. The van der Waals surface area contributed by atoms with Gasteiger partial charge < -0.3 is 0 Å². The lowest BCUT2D eigenvalue weighted by Crippen LogP contribution is -2.41. The minimum atomic E-state index is -3.70. The van der Waals surface area contributed by atoms with Gasteiger partial charge in [-0.25, -0.2) is 12.8 Å². The predicted molar refractivity (Wildman–Crippen MR) is 75.4 cm³/mol. The van der Waals surface area contributed by atoms with Crippen molar-refractivity contribution in [2.45, 2.75) is 37.6 Å². The topological polar surface area (TPSA) is 37.4 Å². The molecule has 0 N–H and O–H groups in total. The first-order chi connectivity index (χ1) is 8.97. The Morgan fingerprint density at radius 3 is 2.42 bits per heavy atom. The molecule has 108 valence electrons. The summed E-state index contributed by atoms with van der Waals surface area (Å²) in [6, 6.07) is 4.95. The van der Waals surface area contributed by atoms with E-state index in [4.69, 9.17) is 11.6 Å². The van der Waals surface area contributed by atoms with Gasteiger partial charge in [0.25, 0.3) is 0 Å². The zero-order valence-corrected chi connectivity index (χ0v) is 12.7. The Bertz CT molecular complexity index is 503. The summed E-state index contributed by atoms with van der Waals surface area (Å²) >= 11 is 5.70. The Morgan fingerprint density at radius 1 is 1.32 bits per heavy atom. The number of rotatable bonds is 7. The van der Waals surface area contributed by atoms with Crippen molar-refractivity contribution in [1.29, 1.82) is 0 Å². The van der Waals surface area contributed by atoms with Crippen LogP contribution in [0, 0.1) is 5.82 Å². The standard InChI is InChI=1S/C13H19ClFNO2S/c1-3-12(4-2)16(9-8-14)19(17,18)13-7-5-6-11(15)10-13/h5-7,10,12H,3-4,8-9H2,1-2H3. The molecule has 0 saturated heterocycles. The van der Waals surface area contributed by atoms with Gasteiger partial charge in [-0.05, 0) is 31.0 Å². The molecular formula is C13H19ClFNO2S. The molecule has 0 radical (unpaired) electrons. The van der Waals surface area contributed by atoms with Crippen molar-refractivity contribution in [2.75, 3.05) is 12.4 Å². The van der Waals surface area contributed by atoms with E-state index >= 15 is 0 Å². The molecule has 3 nitrogen and oxygen atoms in total. The van der Waals surface area contributed by atoms with Gasteiger partial charge in [0.1, 0.15) is 5.82 Å². The highest BCUT2D eigenvalue weighted by Crippen LogP contribution is 2.21. The lowest BCUT2D eigenvalue weighted by atomic mass is 10.2. The van der Waals surface area contributed by atoms with Crippen molar-refractivity contribution in [2.24, 2.45) is 0 Å². The van der Waals surface area contributed by atoms with E-state index in [1.54, 1.807) is 0 Å². The summed E-state index contributed by atoms with van der Waals surface area (Å²) in [5.74, 6) is -0.346. The molecule has 0 amide bonds. The molecule has 19 heavy (non-hydrogen) atoms. The fourth-order valence-electron chi connectivity index (χ4n) is 2.04. The average molecular weight is 308 g/mol. The van der Waals surface area contributed by atoms with Crippen LogP contribution in [0.1, 0.15) is 26.7 Å².